The predicted octanol–water partition coefficient (Wildman–Crippen LogP) is 1.99. The molecular formula is C15H16N2O3. The molecule has 1 saturated heterocycles. The summed E-state index contributed by atoms with van der Waals surface area (Å²) in [4.78, 5) is 16.2. The summed E-state index contributed by atoms with van der Waals surface area (Å²) in [5, 5.41) is 2.92. The second-order valence-electron chi connectivity index (χ2n) is 4.84. The fraction of sp³-hybridized carbons (Fsp3) is 0.333. The zero-order chi connectivity index (χ0) is 13.8. The summed E-state index contributed by atoms with van der Waals surface area (Å²) in [7, 11) is 0. The fourth-order valence-electron chi connectivity index (χ4n) is 2.18. The van der Waals surface area contributed by atoms with Crippen molar-refractivity contribution in [2.75, 3.05) is 13.2 Å². The highest BCUT2D eigenvalue weighted by molar-refractivity contribution is 5.78. The number of hydrogen-bond acceptors (Lipinski definition) is 4. The van der Waals surface area contributed by atoms with Gasteiger partial charge in [-0.2, -0.15) is 0 Å². The zero-order valence-corrected chi connectivity index (χ0v) is 11.0. The quantitative estimate of drug-likeness (QED) is 0.924. The maximum absolute atomic E-state index is 11.8. The Hall–Kier alpha value is -2.14. The summed E-state index contributed by atoms with van der Waals surface area (Å²) in [6, 6.07) is 5.75. The Balaban J connectivity index is 1.57. The average molecular weight is 272 g/mol. The molecule has 1 aliphatic heterocycles. The highest BCUT2D eigenvalue weighted by Crippen LogP contribution is 2.17. The molecule has 0 aromatic carbocycles. The summed E-state index contributed by atoms with van der Waals surface area (Å²) < 4.78 is 10.2. The molecule has 1 aliphatic rings. The van der Waals surface area contributed by atoms with Crippen LogP contribution in [-0.4, -0.2) is 24.1 Å². The lowest BCUT2D eigenvalue weighted by Crippen LogP contribution is -2.30. The first-order valence-corrected chi connectivity index (χ1v) is 6.66. The number of hydrogen-bond donors (Lipinski definition) is 1. The normalized spacial score (nSPS) is 18.1. The van der Waals surface area contributed by atoms with Crippen LogP contribution >= 0.6 is 0 Å². The van der Waals surface area contributed by atoms with Gasteiger partial charge in [0.25, 0.3) is 0 Å². The van der Waals surface area contributed by atoms with Crippen LogP contribution in [-0.2, 0) is 16.1 Å². The molecule has 5 nitrogen and oxygen atoms in total. The van der Waals surface area contributed by atoms with Crippen LogP contribution in [0.25, 0.3) is 11.3 Å². The molecule has 3 rings (SSSR count). The van der Waals surface area contributed by atoms with Gasteiger partial charge < -0.3 is 14.5 Å². The number of rotatable bonds is 4. The van der Waals surface area contributed by atoms with Crippen LogP contribution in [0.1, 0.15) is 12.0 Å². The molecule has 0 saturated carbocycles. The minimum atomic E-state index is -0.00633. The van der Waals surface area contributed by atoms with Crippen LogP contribution in [0.3, 0.4) is 0 Å². The summed E-state index contributed by atoms with van der Waals surface area (Å²) in [6.07, 6.45) is 5.86. The first-order chi connectivity index (χ1) is 9.83. The second-order valence-corrected chi connectivity index (χ2v) is 4.84. The van der Waals surface area contributed by atoms with Crippen molar-refractivity contribution < 1.29 is 13.9 Å². The number of carbonyl (C=O) groups excluding carboxylic acids is 1. The van der Waals surface area contributed by atoms with Crippen molar-refractivity contribution in [3.63, 3.8) is 0 Å². The second kappa shape index (κ2) is 5.88. The first kappa shape index (κ1) is 12.9. The van der Waals surface area contributed by atoms with Crippen molar-refractivity contribution in [1.82, 2.24) is 10.3 Å². The monoisotopic (exact) mass is 272 g/mol. The van der Waals surface area contributed by atoms with Gasteiger partial charge in [0.2, 0.25) is 5.91 Å². The Labute approximate surface area is 117 Å². The molecule has 104 valence electrons. The highest BCUT2D eigenvalue weighted by atomic mass is 16.5. The van der Waals surface area contributed by atoms with Crippen molar-refractivity contribution >= 4 is 5.91 Å². The van der Waals surface area contributed by atoms with E-state index < -0.39 is 0 Å². The van der Waals surface area contributed by atoms with E-state index >= 15 is 0 Å². The lowest BCUT2D eigenvalue weighted by atomic mass is 10.1. The lowest BCUT2D eigenvalue weighted by molar-refractivity contribution is -0.125. The van der Waals surface area contributed by atoms with Gasteiger partial charge in [-0.05, 0) is 24.1 Å². The Morgan fingerprint density at radius 3 is 3.00 bits per heavy atom. The van der Waals surface area contributed by atoms with Crippen molar-refractivity contribution in [3.05, 3.63) is 42.5 Å². The molecule has 0 spiro atoms. The minimum Gasteiger partial charge on any atom is -0.472 e. The summed E-state index contributed by atoms with van der Waals surface area (Å²) in [5.74, 6) is 0.0505. The number of carbonyl (C=O) groups is 1. The maximum Gasteiger partial charge on any atom is 0.225 e. The van der Waals surface area contributed by atoms with E-state index in [-0.39, 0.29) is 11.8 Å². The Kier molecular flexibility index (Phi) is 3.78. The molecule has 0 aliphatic carbocycles. The van der Waals surface area contributed by atoms with Crippen molar-refractivity contribution in [3.8, 4) is 11.3 Å². The Bertz CT molecular complexity index is 557. The number of furan rings is 1. The van der Waals surface area contributed by atoms with E-state index in [9.17, 15) is 4.79 Å². The molecule has 1 fully saturated rings. The topological polar surface area (TPSA) is 64.4 Å². The van der Waals surface area contributed by atoms with Crippen molar-refractivity contribution in [2.45, 2.75) is 13.0 Å². The molecule has 1 atom stereocenters. The van der Waals surface area contributed by atoms with E-state index in [0.717, 1.165) is 23.2 Å². The zero-order valence-electron chi connectivity index (χ0n) is 11.0. The van der Waals surface area contributed by atoms with Crippen LogP contribution in [0, 0.1) is 5.92 Å². The van der Waals surface area contributed by atoms with Gasteiger partial charge >= 0.3 is 0 Å². The van der Waals surface area contributed by atoms with Crippen LogP contribution in [0.15, 0.2) is 41.3 Å². The smallest absolute Gasteiger partial charge is 0.225 e. The van der Waals surface area contributed by atoms with Crippen LogP contribution in [0.5, 0.6) is 0 Å². The van der Waals surface area contributed by atoms with Gasteiger partial charge in [0.15, 0.2) is 0 Å². The molecule has 3 heterocycles. The number of aromatic nitrogens is 1. The van der Waals surface area contributed by atoms with E-state index in [2.05, 4.69) is 10.3 Å². The number of ether oxygens (including phenoxy) is 1. The number of pyridine rings is 1. The highest BCUT2D eigenvalue weighted by Gasteiger charge is 2.22. The van der Waals surface area contributed by atoms with Crippen molar-refractivity contribution in [1.29, 1.82) is 0 Å². The van der Waals surface area contributed by atoms with Gasteiger partial charge in [-0.25, -0.2) is 0 Å². The molecule has 1 unspecified atom stereocenters. The third-order valence-corrected chi connectivity index (χ3v) is 3.41. The van der Waals surface area contributed by atoms with Gasteiger partial charge in [0, 0.05) is 24.9 Å². The van der Waals surface area contributed by atoms with Gasteiger partial charge in [-0.1, -0.05) is 6.07 Å². The molecule has 1 amide bonds. The van der Waals surface area contributed by atoms with Gasteiger partial charge in [0.05, 0.1) is 30.7 Å². The Morgan fingerprint density at radius 1 is 1.40 bits per heavy atom. The Morgan fingerprint density at radius 2 is 2.35 bits per heavy atom. The van der Waals surface area contributed by atoms with Crippen LogP contribution in [0.2, 0.25) is 0 Å². The molecule has 1 N–H and O–H groups in total. The maximum atomic E-state index is 11.8. The first-order valence-electron chi connectivity index (χ1n) is 6.66. The third-order valence-electron chi connectivity index (χ3n) is 3.41. The van der Waals surface area contributed by atoms with Crippen LogP contribution in [0.4, 0.5) is 0 Å². The van der Waals surface area contributed by atoms with E-state index in [1.54, 1.807) is 18.7 Å². The molecule has 0 bridgehead atoms. The number of nitrogens with zero attached hydrogens (tertiary/aromatic N) is 1. The fourth-order valence-corrected chi connectivity index (χ4v) is 2.18. The van der Waals surface area contributed by atoms with Crippen molar-refractivity contribution in [2.24, 2.45) is 5.92 Å². The van der Waals surface area contributed by atoms with Gasteiger partial charge in [-0.3, -0.25) is 9.78 Å². The predicted molar refractivity (Wildman–Crippen MR) is 72.7 cm³/mol. The summed E-state index contributed by atoms with van der Waals surface area (Å²) in [6.45, 7) is 1.70. The third kappa shape index (κ3) is 2.88. The standard InChI is InChI=1S/C15H16N2O3/c18-15(13-4-6-20-10-13)17-8-11-1-2-14(16-7-11)12-3-5-19-9-12/h1-3,5,7,9,13H,4,6,8,10H2,(H,17,18). The summed E-state index contributed by atoms with van der Waals surface area (Å²) >= 11 is 0. The van der Waals surface area contributed by atoms with E-state index in [4.69, 9.17) is 9.15 Å². The SMILES string of the molecule is O=C(NCc1ccc(-c2ccoc2)nc1)C1CCOC1. The molecular weight excluding hydrogens is 256 g/mol. The largest absolute Gasteiger partial charge is 0.472 e. The number of amides is 1. The minimum absolute atomic E-state index is 0.00633. The van der Waals surface area contributed by atoms with E-state index in [1.807, 2.05) is 18.2 Å². The van der Waals surface area contributed by atoms with E-state index in [1.165, 1.54) is 0 Å². The molecule has 2 aromatic heterocycles. The molecule has 0 radical (unpaired) electrons. The van der Waals surface area contributed by atoms with Gasteiger partial charge in [0.1, 0.15) is 0 Å². The molecule has 5 heteroatoms. The van der Waals surface area contributed by atoms with Crippen LogP contribution < -0.4 is 5.32 Å². The van der Waals surface area contributed by atoms with E-state index in [0.29, 0.717) is 19.8 Å². The number of nitrogens with one attached hydrogen (secondary N) is 1. The lowest BCUT2D eigenvalue weighted by Gasteiger charge is -2.09. The summed E-state index contributed by atoms with van der Waals surface area (Å²) in [5.41, 5.74) is 2.78. The van der Waals surface area contributed by atoms with Gasteiger partial charge in [-0.15, -0.1) is 0 Å². The molecule has 2 aromatic rings. The molecule has 20 heavy (non-hydrogen) atoms. The average Bonchev–Trinajstić information content (AvgIpc) is 3.18.